The van der Waals surface area contributed by atoms with E-state index >= 15 is 0 Å². The van der Waals surface area contributed by atoms with Gasteiger partial charge in [-0.25, -0.2) is 0 Å². The fourth-order valence-electron chi connectivity index (χ4n) is 2.88. The van der Waals surface area contributed by atoms with Crippen LogP contribution in [0.2, 0.25) is 0 Å². The highest BCUT2D eigenvalue weighted by Gasteiger charge is 2.21. The molecule has 0 aliphatic carbocycles. The number of benzene rings is 1. The number of rotatable bonds is 6. The smallest absolute Gasteiger partial charge is 0.157 e. The van der Waals surface area contributed by atoms with Crippen LogP contribution in [0.15, 0.2) is 12.1 Å². The van der Waals surface area contributed by atoms with Crippen molar-refractivity contribution in [3.8, 4) is 11.5 Å². The van der Waals surface area contributed by atoms with E-state index in [1.54, 1.807) is 12.1 Å². The quantitative estimate of drug-likeness (QED) is 0.548. The molecule has 0 spiro atoms. The highest BCUT2D eigenvalue weighted by atomic mass is 35.5. The Morgan fingerprint density at radius 2 is 1.80 bits per heavy atom. The maximum Gasteiger partial charge on any atom is 0.157 e. The normalized spacial score (nSPS) is 17.4. The van der Waals surface area contributed by atoms with E-state index < -0.39 is 0 Å². The molecule has 1 aliphatic heterocycles. The molecule has 0 radical (unpaired) electrons. The summed E-state index contributed by atoms with van der Waals surface area (Å²) in [5.41, 5.74) is 2.34. The Morgan fingerprint density at radius 1 is 1.10 bits per heavy atom. The van der Waals surface area contributed by atoms with Crippen LogP contribution in [0.25, 0.3) is 0 Å². The zero-order chi connectivity index (χ0) is 13.7. The third kappa shape index (κ3) is 4.29. The molecule has 114 valence electrons. The van der Waals surface area contributed by atoms with Gasteiger partial charge in [0.2, 0.25) is 0 Å². The molecule has 4 heteroatoms. The summed E-state index contributed by atoms with van der Waals surface area (Å²) in [6.45, 7) is 3.19. The molecule has 1 unspecified atom stereocenters. The molecule has 1 atom stereocenters. The van der Waals surface area contributed by atoms with Gasteiger partial charge in [0, 0.05) is 6.04 Å². The molecule has 20 heavy (non-hydrogen) atoms. The lowest BCUT2D eigenvalue weighted by atomic mass is 9.90. The van der Waals surface area contributed by atoms with Gasteiger partial charge in [0.15, 0.2) is 11.5 Å². The van der Waals surface area contributed by atoms with E-state index in [-0.39, 0.29) is 23.9 Å². The molecule has 3 nitrogen and oxygen atoms in total. The first kappa shape index (κ1) is 17.1. The molecule has 0 amide bonds. The summed E-state index contributed by atoms with van der Waals surface area (Å²) < 4.78 is 0. The number of unbranched alkanes of at least 4 members (excludes halogenated alkanes) is 4. The molecule has 2 rings (SSSR count). The van der Waals surface area contributed by atoms with E-state index in [9.17, 15) is 10.2 Å². The SMILES string of the molecule is CCCCCCCC1NCCc2cc(O)c(O)cc21.Cl. The molecule has 3 N–H and O–H groups in total. The van der Waals surface area contributed by atoms with Gasteiger partial charge < -0.3 is 15.5 Å². The Balaban J connectivity index is 0.00000200. The fraction of sp³-hybridized carbons (Fsp3) is 0.625. The van der Waals surface area contributed by atoms with Gasteiger partial charge >= 0.3 is 0 Å². The van der Waals surface area contributed by atoms with Crippen molar-refractivity contribution >= 4 is 12.4 Å². The van der Waals surface area contributed by atoms with Crippen molar-refractivity contribution in [1.29, 1.82) is 0 Å². The largest absolute Gasteiger partial charge is 0.504 e. The molecule has 0 saturated carbocycles. The van der Waals surface area contributed by atoms with Crippen LogP contribution in [-0.2, 0) is 6.42 Å². The van der Waals surface area contributed by atoms with Crippen molar-refractivity contribution in [2.24, 2.45) is 0 Å². The van der Waals surface area contributed by atoms with Crippen molar-refractivity contribution in [3.05, 3.63) is 23.3 Å². The molecular formula is C16H26ClNO2. The van der Waals surface area contributed by atoms with Crippen LogP contribution in [0.3, 0.4) is 0 Å². The van der Waals surface area contributed by atoms with E-state index in [4.69, 9.17) is 0 Å². The van der Waals surface area contributed by atoms with Crippen LogP contribution in [0.5, 0.6) is 11.5 Å². The van der Waals surface area contributed by atoms with Gasteiger partial charge in [0.05, 0.1) is 0 Å². The second kappa shape index (κ2) is 8.38. The van der Waals surface area contributed by atoms with Gasteiger partial charge in [0.1, 0.15) is 0 Å². The van der Waals surface area contributed by atoms with Gasteiger partial charge in [-0.3, -0.25) is 0 Å². The lowest BCUT2D eigenvalue weighted by molar-refractivity contribution is 0.395. The van der Waals surface area contributed by atoms with Crippen LogP contribution in [-0.4, -0.2) is 16.8 Å². The number of phenols is 2. The molecule has 1 heterocycles. The molecule has 1 aromatic carbocycles. The number of nitrogens with one attached hydrogen (secondary N) is 1. The van der Waals surface area contributed by atoms with Gasteiger partial charge in [-0.15, -0.1) is 12.4 Å². The highest BCUT2D eigenvalue weighted by Crippen LogP contribution is 2.35. The van der Waals surface area contributed by atoms with Crippen molar-refractivity contribution in [3.63, 3.8) is 0 Å². The van der Waals surface area contributed by atoms with Crippen molar-refractivity contribution in [2.75, 3.05) is 6.54 Å². The van der Waals surface area contributed by atoms with Crippen LogP contribution >= 0.6 is 12.4 Å². The van der Waals surface area contributed by atoms with E-state index in [1.165, 1.54) is 37.7 Å². The number of halogens is 1. The topological polar surface area (TPSA) is 52.5 Å². The second-order valence-corrected chi connectivity index (χ2v) is 5.50. The lowest BCUT2D eigenvalue weighted by Crippen LogP contribution is -2.29. The Labute approximate surface area is 127 Å². The lowest BCUT2D eigenvalue weighted by Gasteiger charge is -2.27. The number of fused-ring (bicyclic) bond motifs is 1. The Morgan fingerprint density at radius 3 is 2.55 bits per heavy atom. The fourth-order valence-corrected chi connectivity index (χ4v) is 2.88. The summed E-state index contributed by atoms with van der Waals surface area (Å²) in [7, 11) is 0. The van der Waals surface area contributed by atoms with Crippen molar-refractivity contribution in [2.45, 2.75) is 57.9 Å². The van der Waals surface area contributed by atoms with Gasteiger partial charge in [-0.2, -0.15) is 0 Å². The Bertz CT molecular complexity index is 423. The van der Waals surface area contributed by atoms with Crippen LogP contribution in [0.1, 0.15) is 62.6 Å². The van der Waals surface area contributed by atoms with Crippen LogP contribution in [0.4, 0.5) is 0 Å². The van der Waals surface area contributed by atoms with E-state index in [0.29, 0.717) is 6.04 Å². The highest BCUT2D eigenvalue weighted by molar-refractivity contribution is 5.85. The molecule has 0 saturated heterocycles. The minimum atomic E-state index is -0.00145. The van der Waals surface area contributed by atoms with Crippen molar-refractivity contribution < 1.29 is 10.2 Å². The average Bonchev–Trinajstić information content (AvgIpc) is 2.40. The monoisotopic (exact) mass is 299 g/mol. The first-order valence-electron chi connectivity index (χ1n) is 7.50. The van der Waals surface area contributed by atoms with E-state index in [2.05, 4.69) is 12.2 Å². The maximum absolute atomic E-state index is 9.66. The molecule has 1 aromatic rings. The van der Waals surface area contributed by atoms with Gasteiger partial charge in [-0.05, 0) is 42.6 Å². The number of hydrogen-bond acceptors (Lipinski definition) is 3. The summed E-state index contributed by atoms with van der Waals surface area (Å²) in [4.78, 5) is 0. The maximum atomic E-state index is 9.66. The number of hydrogen-bond donors (Lipinski definition) is 3. The summed E-state index contributed by atoms with van der Waals surface area (Å²) in [5, 5.41) is 22.7. The third-order valence-corrected chi connectivity index (χ3v) is 3.99. The summed E-state index contributed by atoms with van der Waals surface area (Å²) in [6, 6.07) is 3.78. The Kier molecular flexibility index (Phi) is 7.17. The number of aromatic hydroxyl groups is 2. The minimum absolute atomic E-state index is 0. The molecule has 0 fully saturated rings. The number of phenolic OH excluding ortho intramolecular Hbond substituents is 2. The summed E-state index contributed by atoms with van der Waals surface area (Å²) in [5.74, 6) is 0.000721. The minimum Gasteiger partial charge on any atom is -0.504 e. The second-order valence-electron chi connectivity index (χ2n) is 5.50. The van der Waals surface area contributed by atoms with E-state index in [0.717, 1.165) is 24.9 Å². The van der Waals surface area contributed by atoms with Crippen molar-refractivity contribution in [1.82, 2.24) is 5.32 Å². The Hall–Kier alpha value is -0.930. The van der Waals surface area contributed by atoms with Crippen LogP contribution in [0, 0.1) is 0 Å². The first-order chi connectivity index (χ1) is 9.22. The standard InChI is InChI=1S/C16H25NO2.ClH/c1-2-3-4-5-6-7-14-13-11-16(19)15(18)10-12(13)8-9-17-14;/h10-11,14,17-19H,2-9H2,1H3;1H. The molecule has 0 bridgehead atoms. The van der Waals surface area contributed by atoms with E-state index in [1.807, 2.05) is 0 Å². The molecule has 0 aromatic heterocycles. The zero-order valence-electron chi connectivity index (χ0n) is 12.2. The summed E-state index contributed by atoms with van der Waals surface area (Å²) >= 11 is 0. The average molecular weight is 300 g/mol. The zero-order valence-corrected chi connectivity index (χ0v) is 13.0. The van der Waals surface area contributed by atoms with Crippen LogP contribution < -0.4 is 5.32 Å². The summed E-state index contributed by atoms with van der Waals surface area (Å²) in [6.07, 6.45) is 8.46. The van der Waals surface area contributed by atoms with Gasteiger partial charge in [0.25, 0.3) is 0 Å². The third-order valence-electron chi connectivity index (χ3n) is 3.99. The predicted molar refractivity (Wildman–Crippen MR) is 84.8 cm³/mol. The van der Waals surface area contributed by atoms with Gasteiger partial charge in [-0.1, -0.05) is 39.0 Å². The first-order valence-corrected chi connectivity index (χ1v) is 7.50. The predicted octanol–water partition coefficient (Wildman–Crippen LogP) is 4.07. The molecular weight excluding hydrogens is 274 g/mol. The molecule has 1 aliphatic rings.